The summed E-state index contributed by atoms with van der Waals surface area (Å²) in [6.45, 7) is 10.1. The van der Waals surface area contributed by atoms with Gasteiger partial charge >= 0.3 is 0 Å². The first-order chi connectivity index (χ1) is 11.1. The van der Waals surface area contributed by atoms with Gasteiger partial charge in [0.25, 0.3) is 0 Å². The highest BCUT2D eigenvalue weighted by atomic mass is 15.3. The minimum absolute atomic E-state index is 0.525. The number of para-hydroxylation sites is 1. The Bertz CT molecular complexity index is 629. The van der Waals surface area contributed by atoms with E-state index in [1.165, 1.54) is 0 Å². The van der Waals surface area contributed by atoms with Crippen LogP contribution in [0.3, 0.4) is 0 Å². The molecule has 1 aromatic carbocycles. The highest BCUT2D eigenvalue weighted by Crippen LogP contribution is 2.20. The van der Waals surface area contributed by atoms with Gasteiger partial charge in [0, 0.05) is 44.2 Å². The van der Waals surface area contributed by atoms with E-state index < -0.39 is 0 Å². The molecule has 1 atom stereocenters. The van der Waals surface area contributed by atoms with Gasteiger partial charge in [-0.3, -0.25) is 4.90 Å². The van der Waals surface area contributed by atoms with Crippen molar-refractivity contribution in [3.05, 3.63) is 30.6 Å². The number of likely N-dealkylation sites (N-methyl/N-ethyl adjacent to an activating group) is 1. The third-order valence-corrected chi connectivity index (χ3v) is 4.80. The first kappa shape index (κ1) is 16.1. The van der Waals surface area contributed by atoms with Crippen LogP contribution in [-0.2, 0) is 0 Å². The van der Waals surface area contributed by atoms with Gasteiger partial charge in [0.1, 0.15) is 12.1 Å². The van der Waals surface area contributed by atoms with Gasteiger partial charge < -0.3 is 10.2 Å². The summed E-state index contributed by atoms with van der Waals surface area (Å²) in [6.07, 6.45) is 1.64. The highest BCUT2D eigenvalue weighted by Gasteiger charge is 2.25. The molecule has 0 unspecified atom stereocenters. The van der Waals surface area contributed by atoms with Crippen LogP contribution in [0.1, 0.15) is 13.8 Å². The molecule has 0 radical (unpaired) electrons. The summed E-state index contributed by atoms with van der Waals surface area (Å²) in [5.74, 6) is 1.55. The lowest BCUT2D eigenvalue weighted by Crippen LogP contribution is -2.52. The van der Waals surface area contributed by atoms with Crippen LogP contribution in [-0.4, -0.2) is 65.6 Å². The average molecular weight is 313 g/mol. The van der Waals surface area contributed by atoms with Crippen LogP contribution in [0.2, 0.25) is 0 Å². The maximum Gasteiger partial charge on any atom is 0.137 e. The van der Waals surface area contributed by atoms with E-state index in [1.807, 2.05) is 18.2 Å². The number of hydrogen-bond donors (Lipinski definition) is 1. The van der Waals surface area contributed by atoms with E-state index in [4.69, 9.17) is 0 Å². The van der Waals surface area contributed by atoms with Crippen LogP contribution >= 0.6 is 0 Å². The van der Waals surface area contributed by atoms with Gasteiger partial charge in [-0.25, -0.2) is 9.97 Å². The molecule has 23 heavy (non-hydrogen) atoms. The van der Waals surface area contributed by atoms with Crippen LogP contribution < -0.4 is 5.32 Å². The van der Waals surface area contributed by atoms with Crippen molar-refractivity contribution in [2.45, 2.75) is 19.9 Å². The molecule has 5 heteroatoms. The summed E-state index contributed by atoms with van der Waals surface area (Å²) < 4.78 is 0. The van der Waals surface area contributed by atoms with E-state index in [1.54, 1.807) is 6.33 Å². The Morgan fingerprint density at radius 3 is 2.57 bits per heavy atom. The van der Waals surface area contributed by atoms with Gasteiger partial charge in [-0.05, 0) is 25.1 Å². The van der Waals surface area contributed by atoms with Crippen molar-refractivity contribution in [1.82, 2.24) is 19.8 Å². The summed E-state index contributed by atoms with van der Waals surface area (Å²) >= 11 is 0. The summed E-state index contributed by atoms with van der Waals surface area (Å²) in [4.78, 5) is 13.8. The number of fused-ring (bicyclic) bond motifs is 1. The lowest BCUT2D eigenvalue weighted by molar-refractivity contribution is 0.0944. The number of benzene rings is 1. The average Bonchev–Trinajstić information content (AvgIpc) is 2.56. The van der Waals surface area contributed by atoms with Crippen LogP contribution in [0.4, 0.5) is 5.82 Å². The first-order valence-corrected chi connectivity index (χ1v) is 8.51. The largest absolute Gasteiger partial charge is 0.368 e. The predicted molar refractivity (Wildman–Crippen MR) is 95.7 cm³/mol. The van der Waals surface area contributed by atoms with Crippen molar-refractivity contribution in [3.8, 4) is 0 Å². The molecule has 3 rings (SSSR count). The fourth-order valence-corrected chi connectivity index (χ4v) is 3.29. The standard InChI is InChI=1S/C18H27N5/c1-14(2)17(23-10-8-22(3)9-11-23)12-19-18-15-6-4-5-7-16(15)20-13-21-18/h4-7,13-14,17H,8-12H2,1-3H3,(H,19,20,21)/t17-/m1/s1. The van der Waals surface area contributed by atoms with E-state index >= 15 is 0 Å². The minimum atomic E-state index is 0.525. The van der Waals surface area contributed by atoms with Gasteiger partial charge in [0.2, 0.25) is 0 Å². The molecule has 1 aromatic heterocycles. The van der Waals surface area contributed by atoms with Crippen molar-refractivity contribution >= 4 is 16.7 Å². The zero-order chi connectivity index (χ0) is 16.2. The van der Waals surface area contributed by atoms with Crippen molar-refractivity contribution in [2.75, 3.05) is 45.1 Å². The Hall–Kier alpha value is -1.72. The first-order valence-electron chi connectivity index (χ1n) is 8.51. The Labute approximate surface area is 138 Å². The molecule has 1 fully saturated rings. The van der Waals surface area contributed by atoms with Crippen LogP contribution in [0.25, 0.3) is 10.9 Å². The molecule has 0 amide bonds. The van der Waals surface area contributed by atoms with Gasteiger partial charge in [0.15, 0.2) is 0 Å². The molecule has 1 aliphatic rings. The molecule has 0 spiro atoms. The maximum atomic E-state index is 4.45. The second-order valence-electron chi connectivity index (χ2n) is 6.77. The quantitative estimate of drug-likeness (QED) is 0.918. The zero-order valence-corrected chi connectivity index (χ0v) is 14.4. The topological polar surface area (TPSA) is 44.3 Å². The molecule has 0 bridgehead atoms. The summed E-state index contributed by atoms with van der Waals surface area (Å²) in [5, 5.41) is 4.66. The SMILES string of the molecule is CC(C)[C@@H](CNc1ncnc2ccccc12)N1CCN(C)CC1. The molecular formula is C18H27N5. The number of rotatable bonds is 5. The van der Waals surface area contributed by atoms with E-state index in [-0.39, 0.29) is 0 Å². The molecule has 2 heterocycles. The van der Waals surface area contributed by atoms with Gasteiger partial charge in [-0.1, -0.05) is 26.0 Å². The normalized spacial score (nSPS) is 18.4. The zero-order valence-electron chi connectivity index (χ0n) is 14.4. The van der Waals surface area contributed by atoms with Crippen molar-refractivity contribution in [1.29, 1.82) is 0 Å². The molecule has 2 aromatic rings. The molecule has 1 aliphatic heterocycles. The van der Waals surface area contributed by atoms with Crippen LogP contribution in [0, 0.1) is 5.92 Å². The lowest BCUT2D eigenvalue weighted by Gasteiger charge is -2.40. The van der Waals surface area contributed by atoms with Gasteiger partial charge in [0.05, 0.1) is 5.52 Å². The molecule has 1 N–H and O–H groups in total. The molecule has 0 aliphatic carbocycles. The van der Waals surface area contributed by atoms with E-state index in [9.17, 15) is 0 Å². The van der Waals surface area contributed by atoms with Gasteiger partial charge in [-0.2, -0.15) is 0 Å². The van der Waals surface area contributed by atoms with Crippen molar-refractivity contribution in [2.24, 2.45) is 5.92 Å². The Morgan fingerprint density at radius 2 is 1.83 bits per heavy atom. The van der Waals surface area contributed by atoms with Crippen LogP contribution in [0.15, 0.2) is 30.6 Å². The van der Waals surface area contributed by atoms with Crippen molar-refractivity contribution < 1.29 is 0 Å². The third-order valence-electron chi connectivity index (χ3n) is 4.80. The lowest BCUT2D eigenvalue weighted by atomic mass is 10.0. The summed E-state index contributed by atoms with van der Waals surface area (Å²) in [6, 6.07) is 8.69. The highest BCUT2D eigenvalue weighted by molar-refractivity contribution is 5.88. The van der Waals surface area contributed by atoms with Gasteiger partial charge in [-0.15, -0.1) is 0 Å². The molecule has 5 nitrogen and oxygen atoms in total. The number of nitrogens with one attached hydrogen (secondary N) is 1. The fraction of sp³-hybridized carbons (Fsp3) is 0.556. The van der Waals surface area contributed by atoms with E-state index in [2.05, 4.69) is 52.0 Å². The molecule has 0 saturated carbocycles. The van der Waals surface area contributed by atoms with E-state index in [0.29, 0.717) is 12.0 Å². The number of anilines is 1. The number of nitrogens with zero attached hydrogens (tertiary/aromatic N) is 4. The van der Waals surface area contributed by atoms with Crippen molar-refractivity contribution in [3.63, 3.8) is 0 Å². The minimum Gasteiger partial charge on any atom is -0.368 e. The summed E-state index contributed by atoms with van der Waals surface area (Å²) in [5.41, 5.74) is 0.991. The number of hydrogen-bond acceptors (Lipinski definition) is 5. The molecule has 1 saturated heterocycles. The second kappa shape index (κ2) is 7.23. The monoisotopic (exact) mass is 313 g/mol. The summed E-state index contributed by atoms with van der Waals surface area (Å²) in [7, 11) is 2.20. The number of aromatic nitrogens is 2. The Morgan fingerprint density at radius 1 is 1.09 bits per heavy atom. The Kier molecular flexibility index (Phi) is 5.08. The predicted octanol–water partition coefficient (Wildman–Crippen LogP) is 2.31. The maximum absolute atomic E-state index is 4.45. The molecule has 124 valence electrons. The van der Waals surface area contributed by atoms with Crippen LogP contribution in [0.5, 0.6) is 0 Å². The fourth-order valence-electron chi connectivity index (χ4n) is 3.29. The number of piperazine rings is 1. The van der Waals surface area contributed by atoms with E-state index in [0.717, 1.165) is 49.4 Å². The third kappa shape index (κ3) is 3.79. The smallest absolute Gasteiger partial charge is 0.137 e. The Balaban J connectivity index is 1.71. The second-order valence-corrected chi connectivity index (χ2v) is 6.77. The molecular weight excluding hydrogens is 286 g/mol.